The number of amides is 1. The predicted molar refractivity (Wildman–Crippen MR) is 78.4 cm³/mol. The summed E-state index contributed by atoms with van der Waals surface area (Å²) in [5, 5.41) is 6.24. The van der Waals surface area contributed by atoms with Crippen LogP contribution in [-0.2, 0) is 4.79 Å². The number of carbonyl (C=O) groups is 1. The third-order valence-corrected chi connectivity index (χ3v) is 3.95. The van der Waals surface area contributed by atoms with Crippen LogP contribution in [0, 0.1) is 13.8 Å². The minimum atomic E-state index is -0.0430. The topological polar surface area (TPSA) is 41.1 Å². The van der Waals surface area contributed by atoms with Gasteiger partial charge in [0.2, 0.25) is 5.91 Å². The smallest absolute Gasteiger partial charge is 0.237 e. The average molecular weight is 260 g/mol. The maximum Gasteiger partial charge on any atom is 0.237 e. The van der Waals surface area contributed by atoms with E-state index in [0.717, 1.165) is 19.4 Å². The number of likely N-dealkylation sites (N-methyl/N-ethyl adjacent to an activating group) is 1. The van der Waals surface area contributed by atoms with E-state index in [1.54, 1.807) is 0 Å². The Kier molecular flexibility index (Phi) is 4.59. The van der Waals surface area contributed by atoms with E-state index >= 15 is 0 Å². The molecular weight excluding hydrogens is 236 g/mol. The monoisotopic (exact) mass is 260 g/mol. The zero-order valence-electron chi connectivity index (χ0n) is 12.1. The van der Waals surface area contributed by atoms with Crippen LogP contribution >= 0.6 is 0 Å². The Morgan fingerprint density at radius 2 is 2.21 bits per heavy atom. The van der Waals surface area contributed by atoms with Crippen molar-refractivity contribution in [3.63, 3.8) is 0 Å². The molecule has 2 unspecified atom stereocenters. The van der Waals surface area contributed by atoms with E-state index in [4.69, 9.17) is 0 Å². The zero-order valence-corrected chi connectivity index (χ0v) is 12.1. The second kappa shape index (κ2) is 6.20. The van der Waals surface area contributed by atoms with Crippen LogP contribution in [0.2, 0.25) is 0 Å². The van der Waals surface area contributed by atoms with Crippen LogP contribution in [0.3, 0.4) is 0 Å². The van der Waals surface area contributed by atoms with Gasteiger partial charge in [-0.15, -0.1) is 0 Å². The number of hydrogen-bond donors (Lipinski definition) is 2. The number of rotatable bonds is 3. The van der Waals surface area contributed by atoms with Crippen LogP contribution in [0.4, 0.5) is 0 Å². The molecule has 1 aromatic rings. The Labute approximate surface area is 115 Å². The Bertz CT molecular complexity index is 456. The molecule has 0 aromatic heterocycles. The first-order valence-corrected chi connectivity index (χ1v) is 7.20. The maximum atomic E-state index is 12.0. The molecule has 0 radical (unpaired) electrons. The van der Waals surface area contributed by atoms with Crippen molar-refractivity contribution in [1.29, 1.82) is 0 Å². The summed E-state index contributed by atoms with van der Waals surface area (Å²) in [7, 11) is 0. The lowest BCUT2D eigenvalue weighted by Crippen LogP contribution is -2.48. The van der Waals surface area contributed by atoms with Gasteiger partial charge in [0.15, 0.2) is 0 Å². The largest absolute Gasteiger partial charge is 0.355 e. The molecule has 2 N–H and O–H groups in total. The lowest BCUT2D eigenvalue weighted by Gasteiger charge is -2.30. The van der Waals surface area contributed by atoms with E-state index in [1.165, 1.54) is 16.7 Å². The van der Waals surface area contributed by atoms with Crippen LogP contribution in [-0.4, -0.2) is 25.0 Å². The fourth-order valence-electron chi connectivity index (χ4n) is 2.90. The predicted octanol–water partition coefficient (Wildman–Crippen LogP) is 2.28. The molecule has 0 bridgehead atoms. The highest BCUT2D eigenvalue weighted by Gasteiger charge is 2.28. The zero-order chi connectivity index (χ0) is 13.8. The van der Waals surface area contributed by atoms with E-state index in [1.807, 2.05) is 6.92 Å². The molecule has 0 spiro atoms. The quantitative estimate of drug-likeness (QED) is 0.875. The lowest BCUT2D eigenvalue weighted by atomic mass is 9.83. The molecule has 1 fully saturated rings. The first-order valence-electron chi connectivity index (χ1n) is 7.20. The van der Waals surface area contributed by atoms with Gasteiger partial charge in [-0.25, -0.2) is 0 Å². The molecule has 2 rings (SSSR count). The van der Waals surface area contributed by atoms with E-state index in [9.17, 15) is 4.79 Å². The van der Waals surface area contributed by atoms with Crippen molar-refractivity contribution in [2.45, 2.75) is 45.6 Å². The third-order valence-electron chi connectivity index (χ3n) is 3.95. The number of piperidine rings is 1. The summed E-state index contributed by atoms with van der Waals surface area (Å²) >= 11 is 0. The summed E-state index contributed by atoms with van der Waals surface area (Å²) in [4.78, 5) is 12.0. The van der Waals surface area contributed by atoms with Gasteiger partial charge in [-0.2, -0.15) is 0 Å². The van der Waals surface area contributed by atoms with Crippen LogP contribution in [0.1, 0.15) is 42.4 Å². The molecule has 0 saturated carbocycles. The van der Waals surface area contributed by atoms with Crippen LogP contribution in [0.15, 0.2) is 18.2 Å². The minimum absolute atomic E-state index is 0.0430. The van der Waals surface area contributed by atoms with Crippen molar-refractivity contribution in [2.24, 2.45) is 0 Å². The molecule has 19 heavy (non-hydrogen) atoms. The number of aryl methyl sites for hydroxylation is 2. The molecule has 104 valence electrons. The highest BCUT2D eigenvalue weighted by atomic mass is 16.2. The first kappa shape index (κ1) is 14.1. The highest BCUT2D eigenvalue weighted by Crippen LogP contribution is 2.30. The van der Waals surface area contributed by atoms with Crippen molar-refractivity contribution in [3.8, 4) is 0 Å². The van der Waals surface area contributed by atoms with Gasteiger partial charge in [0.25, 0.3) is 0 Å². The average Bonchev–Trinajstić information content (AvgIpc) is 2.42. The molecule has 1 amide bonds. The van der Waals surface area contributed by atoms with Crippen molar-refractivity contribution in [2.75, 3.05) is 13.1 Å². The van der Waals surface area contributed by atoms with Gasteiger partial charge in [0.1, 0.15) is 0 Å². The molecule has 1 heterocycles. The summed E-state index contributed by atoms with van der Waals surface area (Å²) in [6, 6.07) is 6.58. The number of hydrogen-bond acceptors (Lipinski definition) is 2. The normalized spacial score (nSPS) is 23.1. The molecule has 2 atom stereocenters. The SMILES string of the molecule is CCNC(=O)C1CC(c2cc(C)ccc2C)CCN1. The molecule has 0 aliphatic carbocycles. The fraction of sp³-hybridized carbons (Fsp3) is 0.562. The van der Waals surface area contributed by atoms with Gasteiger partial charge in [-0.1, -0.05) is 23.8 Å². The van der Waals surface area contributed by atoms with Gasteiger partial charge in [0.05, 0.1) is 6.04 Å². The van der Waals surface area contributed by atoms with Gasteiger partial charge in [0, 0.05) is 6.54 Å². The summed E-state index contributed by atoms with van der Waals surface area (Å²) in [5.74, 6) is 0.631. The Morgan fingerprint density at radius 3 is 2.95 bits per heavy atom. The fourth-order valence-corrected chi connectivity index (χ4v) is 2.90. The third kappa shape index (κ3) is 3.35. The molecular formula is C16H24N2O. The first-order chi connectivity index (χ1) is 9.11. The number of benzene rings is 1. The van der Waals surface area contributed by atoms with Crippen molar-refractivity contribution in [3.05, 3.63) is 34.9 Å². The summed E-state index contributed by atoms with van der Waals surface area (Å²) in [6.07, 6.45) is 2.01. The second-order valence-corrected chi connectivity index (χ2v) is 5.48. The molecule has 1 aromatic carbocycles. The molecule has 1 saturated heterocycles. The molecule has 3 heteroatoms. The molecule has 1 aliphatic rings. The standard InChI is InChI=1S/C16H24N2O/c1-4-17-16(19)15-10-13(7-8-18-15)14-9-11(2)5-6-12(14)3/h5-6,9,13,15,18H,4,7-8,10H2,1-3H3,(H,17,19). The number of nitrogens with one attached hydrogen (secondary N) is 2. The van der Waals surface area contributed by atoms with E-state index in [-0.39, 0.29) is 11.9 Å². The maximum absolute atomic E-state index is 12.0. The van der Waals surface area contributed by atoms with Gasteiger partial charge < -0.3 is 10.6 Å². The Balaban J connectivity index is 2.12. The van der Waals surface area contributed by atoms with Gasteiger partial charge in [-0.3, -0.25) is 4.79 Å². The van der Waals surface area contributed by atoms with E-state index in [0.29, 0.717) is 12.5 Å². The highest BCUT2D eigenvalue weighted by molar-refractivity contribution is 5.81. The van der Waals surface area contributed by atoms with Gasteiger partial charge >= 0.3 is 0 Å². The lowest BCUT2D eigenvalue weighted by molar-refractivity contribution is -0.123. The van der Waals surface area contributed by atoms with Crippen LogP contribution < -0.4 is 10.6 Å². The second-order valence-electron chi connectivity index (χ2n) is 5.48. The van der Waals surface area contributed by atoms with Crippen molar-refractivity contribution in [1.82, 2.24) is 10.6 Å². The minimum Gasteiger partial charge on any atom is -0.355 e. The Morgan fingerprint density at radius 1 is 1.42 bits per heavy atom. The summed E-state index contributed by atoms with van der Waals surface area (Å²) in [6.45, 7) is 7.87. The Hall–Kier alpha value is -1.35. The number of carbonyl (C=O) groups excluding carboxylic acids is 1. The van der Waals surface area contributed by atoms with Crippen molar-refractivity contribution >= 4 is 5.91 Å². The van der Waals surface area contributed by atoms with E-state index < -0.39 is 0 Å². The molecule has 3 nitrogen and oxygen atoms in total. The van der Waals surface area contributed by atoms with E-state index in [2.05, 4.69) is 42.7 Å². The van der Waals surface area contributed by atoms with Crippen molar-refractivity contribution < 1.29 is 4.79 Å². The van der Waals surface area contributed by atoms with Gasteiger partial charge in [-0.05, 0) is 57.2 Å². The molecule has 1 aliphatic heterocycles. The van der Waals surface area contributed by atoms with Crippen LogP contribution in [0.5, 0.6) is 0 Å². The summed E-state index contributed by atoms with van der Waals surface area (Å²) in [5.41, 5.74) is 4.05. The summed E-state index contributed by atoms with van der Waals surface area (Å²) < 4.78 is 0. The van der Waals surface area contributed by atoms with Crippen LogP contribution in [0.25, 0.3) is 0 Å².